The third-order valence-electron chi connectivity index (χ3n) is 5.24. The molecule has 152 valence electrons. The smallest absolute Gasteiger partial charge is 0.264 e. The Morgan fingerprint density at radius 3 is 2.62 bits per heavy atom. The molecule has 1 aliphatic rings. The largest absolute Gasteiger partial charge is 0.357 e. The molecule has 0 radical (unpaired) electrons. The fourth-order valence-electron chi connectivity index (χ4n) is 3.57. The third kappa shape index (κ3) is 3.48. The van der Waals surface area contributed by atoms with Crippen LogP contribution in [0.15, 0.2) is 51.8 Å². The number of amides is 1. The predicted molar refractivity (Wildman–Crippen MR) is 113 cm³/mol. The minimum Gasteiger partial charge on any atom is -0.357 e. The number of fused-ring (bicyclic) bond motifs is 3. The van der Waals surface area contributed by atoms with E-state index in [1.165, 1.54) is 26.3 Å². The summed E-state index contributed by atoms with van der Waals surface area (Å²) < 4.78 is 26.4. The average molecular weight is 478 g/mol. The van der Waals surface area contributed by atoms with Crippen LogP contribution >= 0.6 is 15.9 Å². The fourth-order valence-corrected chi connectivity index (χ4v) is 5.01. The lowest BCUT2D eigenvalue weighted by Crippen LogP contribution is -2.35. The highest BCUT2D eigenvalue weighted by Crippen LogP contribution is 2.32. The summed E-state index contributed by atoms with van der Waals surface area (Å²) in [6.07, 6.45) is 0.743. The Morgan fingerprint density at radius 2 is 1.93 bits per heavy atom. The first kappa shape index (κ1) is 20.1. The number of hydrogen-bond donors (Lipinski definition) is 1. The molecule has 4 rings (SSSR count). The number of benzene rings is 2. The summed E-state index contributed by atoms with van der Waals surface area (Å²) in [4.78, 5) is 23.1. The Hall–Kier alpha value is -2.20. The molecular weight excluding hydrogens is 458 g/mol. The number of carbonyl (C=O) groups excluding carboxylic acids is 1. The Kier molecular flexibility index (Phi) is 5.24. The number of H-pyrrole nitrogens is 1. The highest BCUT2D eigenvalue weighted by atomic mass is 79.9. The summed E-state index contributed by atoms with van der Waals surface area (Å²) in [5, 5.41) is 1.11. The molecule has 1 N–H and O–H groups in total. The van der Waals surface area contributed by atoms with Gasteiger partial charge < -0.3 is 9.88 Å². The number of hydrogen-bond acceptors (Lipinski definition) is 4. The summed E-state index contributed by atoms with van der Waals surface area (Å²) in [6, 6.07) is 12.0. The molecule has 1 amide bonds. The second kappa shape index (κ2) is 7.56. The zero-order chi connectivity index (χ0) is 20.8. The van der Waals surface area contributed by atoms with Crippen LogP contribution in [0.1, 0.15) is 21.6 Å². The first-order valence-corrected chi connectivity index (χ1v) is 11.3. The standard InChI is InChI=1S/C20H20BrN3O4S/c1-23(28-2)29(26,27)14-8-6-13(7-9-14)20(25)24-11-10-18-16(12-24)15-4-3-5-17(21)19(15)22-18/h3-9,22H,10-12H2,1-2H3. The molecule has 7 nitrogen and oxygen atoms in total. The summed E-state index contributed by atoms with van der Waals surface area (Å²) in [5.74, 6) is -0.121. The zero-order valence-electron chi connectivity index (χ0n) is 16.0. The normalized spacial score (nSPS) is 14.4. The van der Waals surface area contributed by atoms with Crippen molar-refractivity contribution in [3.8, 4) is 0 Å². The number of nitrogens with zero attached hydrogens (tertiary/aromatic N) is 2. The van der Waals surface area contributed by atoms with E-state index in [0.717, 1.165) is 37.5 Å². The molecule has 0 saturated carbocycles. The lowest BCUT2D eigenvalue weighted by Gasteiger charge is -2.27. The van der Waals surface area contributed by atoms with Crippen molar-refractivity contribution in [1.82, 2.24) is 14.4 Å². The molecule has 0 aliphatic carbocycles. The molecule has 0 atom stereocenters. The van der Waals surface area contributed by atoms with E-state index >= 15 is 0 Å². The Bertz CT molecular complexity index is 1190. The average Bonchev–Trinajstić information content (AvgIpc) is 3.12. The van der Waals surface area contributed by atoms with Crippen LogP contribution in [0.4, 0.5) is 0 Å². The molecule has 2 aromatic carbocycles. The van der Waals surface area contributed by atoms with Gasteiger partial charge in [0.25, 0.3) is 15.9 Å². The molecule has 2 heterocycles. The van der Waals surface area contributed by atoms with Gasteiger partial charge in [-0.05, 0) is 46.3 Å². The van der Waals surface area contributed by atoms with E-state index in [0.29, 0.717) is 18.7 Å². The Balaban J connectivity index is 1.58. The second-order valence-corrected chi connectivity index (χ2v) is 9.63. The van der Waals surface area contributed by atoms with E-state index in [1.807, 2.05) is 12.1 Å². The van der Waals surface area contributed by atoms with Crippen LogP contribution in [-0.4, -0.2) is 49.4 Å². The van der Waals surface area contributed by atoms with Crippen LogP contribution in [-0.2, 0) is 27.8 Å². The minimum absolute atomic E-state index is 0.0702. The number of aromatic nitrogens is 1. The van der Waals surface area contributed by atoms with E-state index in [2.05, 4.69) is 27.0 Å². The van der Waals surface area contributed by atoms with Crippen molar-refractivity contribution >= 4 is 42.8 Å². The van der Waals surface area contributed by atoms with Crippen molar-refractivity contribution in [1.29, 1.82) is 0 Å². The number of hydroxylamine groups is 1. The van der Waals surface area contributed by atoms with Gasteiger partial charge in [0.1, 0.15) is 0 Å². The minimum atomic E-state index is -3.74. The lowest BCUT2D eigenvalue weighted by molar-refractivity contribution is -0.0258. The van der Waals surface area contributed by atoms with Crippen molar-refractivity contribution in [2.75, 3.05) is 20.7 Å². The van der Waals surface area contributed by atoms with Gasteiger partial charge in [-0.3, -0.25) is 9.63 Å². The SMILES string of the molecule is CON(C)S(=O)(=O)c1ccc(C(=O)N2CCc3[nH]c4c(Br)cccc4c3C2)cc1. The van der Waals surface area contributed by atoms with Crippen molar-refractivity contribution < 1.29 is 18.0 Å². The quantitative estimate of drug-likeness (QED) is 0.584. The molecule has 0 spiro atoms. The number of aromatic amines is 1. The van der Waals surface area contributed by atoms with Gasteiger partial charge in [-0.2, -0.15) is 0 Å². The van der Waals surface area contributed by atoms with Crippen molar-refractivity contribution in [3.63, 3.8) is 0 Å². The molecule has 1 aromatic heterocycles. The fraction of sp³-hybridized carbons (Fsp3) is 0.250. The third-order valence-corrected chi connectivity index (χ3v) is 7.60. The lowest BCUT2D eigenvalue weighted by atomic mass is 10.0. The molecule has 0 fully saturated rings. The molecule has 0 bridgehead atoms. The maximum absolute atomic E-state index is 13.0. The summed E-state index contributed by atoms with van der Waals surface area (Å²) in [7, 11) is -1.14. The molecule has 1 aliphatic heterocycles. The van der Waals surface area contributed by atoms with E-state index in [-0.39, 0.29) is 10.8 Å². The number of sulfonamides is 1. The van der Waals surface area contributed by atoms with Crippen molar-refractivity contribution in [2.24, 2.45) is 0 Å². The zero-order valence-corrected chi connectivity index (χ0v) is 18.4. The molecule has 29 heavy (non-hydrogen) atoms. The summed E-state index contributed by atoms with van der Waals surface area (Å²) in [5.41, 5.74) is 3.78. The number of nitrogens with one attached hydrogen (secondary N) is 1. The van der Waals surface area contributed by atoms with Gasteiger partial charge in [0.15, 0.2) is 0 Å². The maximum Gasteiger partial charge on any atom is 0.264 e. The van der Waals surface area contributed by atoms with E-state index in [4.69, 9.17) is 4.84 Å². The first-order valence-electron chi connectivity index (χ1n) is 9.03. The molecular formula is C20H20BrN3O4S. The van der Waals surface area contributed by atoms with Gasteiger partial charge in [-0.25, -0.2) is 8.42 Å². The van der Waals surface area contributed by atoms with Gasteiger partial charge in [-0.1, -0.05) is 16.6 Å². The van der Waals surface area contributed by atoms with E-state index in [1.54, 1.807) is 17.0 Å². The monoisotopic (exact) mass is 477 g/mol. The van der Waals surface area contributed by atoms with Crippen molar-refractivity contribution in [2.45, 2.75) is 17.9 Å². The number of carbonyl (C=O) groups is 1. The van der Waals surface area contributed by atoms with E-state index in [9.17, 15) is 13.2 Å². The van der Waals surface area contributed by atoms with Crippen LogP contribution in [0.2, 0.25) is 0 Å². The van der Waals surface area contributed by atoms with Crippen LogP contribution < -0.4 is 0 Å². The van der Waals surface area contributed by atoms with Crippen LogP contribution in [0.3, 0.4) is 0 Å². The topological polar surface area (TPSA) is 82.7 Å². The molecule has 0 saturated heterocycles. The van der Waals surface area contributed by atoms with Gasteiger partial charge in [-0.15, -0.1) is 0 Å². The van der Waals surface area contributed by atoms with Gasteiger partial charge >= 0.3 is 0 Å². The van der Waals surface area contributed by atoms with Crippen LogP contribution in [0.5, 0.6) is 0 Å². The molecule has 0 unspecified atom stereocenters. The maximum atomic E-state index is 13.0. The van der Waals surface area contributed by atoms with Crippen LogP contribution in [0, 0.1) is 0 Å². The van der Waals surface area contributed by atoms with Crippen LogP contribution in [0.25, 0.3) is 10.9 Å². The molecule has 3 aromatic rings. The van der Waals surface area contributed by atoms with Crippen molar-refractivity contribution in [3.05, 3.63) is 63.8 Å². The highest BCUT2D eigenvalue weighted by molar-refractivity contribution is 9.10. The predicted octanol–water partition coefficient (Wildman–Crippen LogP) is 3.31. The highest BCUT2D eigenvalue weighted by Gasteiger charge is 2.26. The van der Waals surface area contributed by atoms with Gasteiger partial charge in [0.05, 0.1) is 17.5 Å². The summed E-state index contributed by atoms with van der Waals surface area (Å²) in [6.45, 7) is 1.11. The second-order valence-electron chi connectivity index (χ2n) is 6.84. The number of para-hydroxylation sites is 1. The Morgan fingerprint density at radius 1 is 1.21 bits per heavy atom. The van der Waals surface area contributed by atoms with Gasteiger partial charge in [0, 0.05) is 53.2 Å². The summed E-state index contributed by atoms with van der Waals surface area (Å²) >= 11 is 3.57. The van der Waals surface area contributed by atoms with E-state index < -0.39 is 10.0 Å². The molecule has 9 heteroatoms. The van der Waals surface area contributed by atoms with Gasteiger partial charge in [0.2, 0.25) is 0 Å². The number of halogens is 1. The Labute approximate surface area is 177 Å². The number of rotatable bonds is 4. The first-order chi connectivity index (χ1) is 13.8.